The van der Waals surface area contributed by atoms with Gasteiger partial charge in [0.2, 0.25) is 5.82 Å². The van der Waals surface area contributed by atoms with Crippen molar-refractivity contribution in [2.45, 2.75) is 19.3 Å². The summed E-state index contributed by atoms with van der Waals surface area (Å²) in [6.07, 6.45) is 2.61. The smallest absolute Gasteiger partial charge is 0.297 e. The molecule has 4 rings (SSSR count). The zero-order valence-electron chi connectivity index (χ0n) is 10.9. The highest BCUT2D eigenvalue weighted by atomic mass is 16.5. The van der Waals surface area contributed by atoms with E-state index in [0.717, 1.165) is 18.7 Å². The Bertz CT molecular complexity index is 758. The highest BCUT2D eigenvalue weighted by Crippen LogP contribution is 2.24. The maximum absolute atomic E-state index is 5.32. The van der Waals surface area contributed by atoms with Crippen LogP contribution in [0.3, 0.4) is 0 Å². The zero-order chi connectivity index (χ0) is 13.5. The van der Waals surface area contributed by atoms with Crippen molar-refractivity contribution < 1.29 is 9.26 Å². The van der Waals surface area contributed by atoms with Crippen molar-refractivity contribution in [2.24, 2.45) is 0 Å². The molecule has 0 spiro atoms. The molecule has 20 heavy (non-hydrogen) atoms. The summed E-state index contributed by atoms with van der Waals surface area (Å²) in [5, 5.41) is 8.33. The molecule has 8 heteroatoms. The zero-order valence-corrected chi connectivity index (χ0v) is 10.9. The van der Waals surface area contributed by atoms with E-state index in [9.17, 15) is 0 Å². The molecular formula is C12H12N6O2. The number of rotatable bonds is 2. The summed E-state index contributed by atoms with van der Waals surface area (Å²) in [7, 11) is 0. The fraction of sp³-hybridized carbons (Fsp3) is 0.417. The van der Waals surface area contributed by atoms with Gasteiger partial charge in [-0.25, -0.2) is 9.50 Å². The van der Waals surface area contributed by atoms with Crippen LogP contribution in [0, 0.1) is 6.92 Å². The Morgan fingerprint density at radius 2 is 2.30 bits per heavy atom. The molecule has 4 heterocycles. The fourth-order valence-electron chi connectivity index (χ4n) is 2.23. The Kier molecular flexibility index (Phi) is 2.49. The molecule has 1 aliphatic heterocycles. The Labute approximate surface area is 113 Å². The van der Waals surface area contributed by atoms with Gasteiger partial charge < -0.3 is 9.26 Å². The second-order valence-corrected chi connectivity index (χ2v) is 4.75. The first-order valence-electron chi connectivity index (χ1n) is 6.41. The molecule has 1 fully saturated rings. The van der Waals surface area contributed by atoms with Crippen LogP contribution in [0.5, 0.6) is 0 Å². The van der Waals surface area contributed by atoms with Gasteiger partial charge in [0.1, 0.15) is 0 Å². The first-order valence-corrected chi connectivity index (χ1v) is 6.41. The second kappa shape index (κ2) is 4.34. The van der Waals surface area contributed by atoms with Crippen LogP contribution >= 0.6 is 0 Å². The van der Waals surface area contributed by atoms with Gasteiger partial charge >= 0.3 is 0 Å². The van der Waals surface area contributed by atoms with Gasteiger partial charge in [-0.05, 0) is 19.4 Å². The predicted octanol–water partition coefficient (Wildman–Crippen LogP) is 0.987. The second-order valence-electron chi connectivity index (χ2n) is 4.75. The molecule has 1 saturated heterocycles. The van der Waals surface area contributed by atoms with Crippen molar-refractivity contribution in [2.75, 3.05) is 13.2 Å². The number of fused-ring (bicyclic) bond motifs is 1. The quantitative estimate of drug-likeness (QED) is 0.686. The van der Waals surface area contributed by atoms with Crippen molar-refractivity contribution in [1.82, 2.24) is 29.7 Å². The minimum Gasteiger partial charge on any atom is -0.381 e. The Hall–Kier alpha value is -2.35. The summed E-state index contributed by atoms with van der Waals surface area (Å²) in [6, 6.07) is 1.86. The highest BCUT2D eigenvalue weighted by molar-refractivity contribution is 5.45. The molecule has 0 saturated carbocycles. The summed E-state index contributed by atoms with van der Waals surface area (Å²) in [4.78, 5) is 12.8. The highest BCUT2D eigenvalue weighted by Gasteiger charge is 2.24. The van der Waals surface area contributed by atoms with Crippen LogP contribution in [0.1, 0.15) is 23.9 Å². The Balaban J connectivity index is 1.73. The van der Waals surface area contributed by atoms with E-state index in [0.29, 0.717) is 29.9 Å². The molecule has 0 amide bonds. The lowest BCUT2D eigenvalue weighted by Gasteiger charge is -1.97. The molecular weight excluding hydrogens is 260 g/mol. The molecule has 0 aliphatic carbocycles. The van der Waals surface area contributed by atoms with Gasteiger partial charge in [0.05, 0.1) is 6.61 Å². The van der Waals surface area contributed by atoms with Crippen molar-refractivity contribution in [3.05, 3.63) is 23.8 Å². The van der Waals surface area contributed by atoms with Gasteiger partial charge in [-0.2, -0.15) is 9.97 Å². The maximum atomic E-state index is 5.32. The van der Waals surface area contributed by atoms with Gasteiger partial charge in [-0.15, -0.1) is 5.10 Å². The van der Waals surface area contributed by atoms with E-state index in [4.69, 9.17) is 9.26 Å². The fourth-order valence-corrected chi connectivity index (χ4v) is 2.23. The minimum absolute atomic E-state index is 0.199. The van der Waals surface area contributed by atoms with Gasteiger partial charge in [0, 0.05) is 24.4 Å². The third-order valence-corrected chi connectivity index (χ3v) is 3.36. The minimum atomic E-state index is 0.199. The average Bonchev–Trinajstić information content (AvgIpc) is 3.18. The summed E-state index contributed by atoms with van der Waals surface area (Å²) in [5.74, 6) is 2.08. The summed E-state index contributed by atoms with van der Waals surface area (Å²) in [5.41, 5.74) is 0.942. The molecule has 8 nitrogen and oxygen atoms in total. The third kappa shape index (κ3) is 1.76. The van der Waals surface area contributed by atoms with E-state index < -0.39 is 0 Å². The van der Waals surface area contributed by atoms with E-state index in [1.165, 1.54) is 0 Å². The molecule has 0 bridgehead atoms. The van der Waals surface area contributed by atoms with Crippen molar-refractivity contribution >= 4 is 5.78 Å². The van der Waals surface area contributed by atoms with E-state index in [2.05, 4.69) is 25.2 Å². The number of aryl methyl sites for hydroxylation is 1. The number of aromatic nitrogens is 6. The van der Waals surface area contributed by atoms with E-state index in [1.54, 1.807) is 10.7 Å². The van der Waals surface area contributed by atoms with Gasteiger partial charge in [0.25, 0.3) is 11.7 Å². The maximum Gasteiger partial charge on any atom is 0.297 e. The largest absolute Gasteiger partial charge is 0.381 e. The van der Waals surface area contributed by atoms with Crippen LogP contribution in [-0.4, -0.2) is 42.9 Å². The Morgan fingerprint density at radius 1 is 1.35 bits per heavy atom. The molecule has 3 aromatic rings. The average molecular weight is 272 g/mol. The standard InChI is InChI=1S/C12H12N6O2/c1-7-2-4-13-12-15-10(16-18(7)12)11-14-9(17-20-11)8-3-5-19-6-8/h2,4,8H,3,5-6H2,1H3/t8-/m1/s1. The van der Waals surface area contributed by atoms with Crippen LogP contribution in [0.15, 0.2) is 16.8 Å². The lowest BCUT2D eigenvalue weighted by atomic mass is 10.1. The van der Waals surface area contributed by atoms with Gasteiger partial charge in [0.15, 0.2) is 5.82 Å². The molecule has 0 unspecified atom stereocenters. The van der Waals surface area contributed by atoms with E-state index in [-0.39, 0.29) is 5.92 Å². The van der Waals surface area contributed by atoms with Crippen molar-refractivity contribution in [1.29, 1.82) is 0 Å². The number of hydrogen-bond donors (Lipinski definition) is 0. The molecule has 3 aromatic heterocycles. The van der Waals surface area contributed by atoms with Crippen LogP contribution in [0.25, 0.3) is 17.5 Å². The number of ether oxygens (including phenoxy) is 1. The normalized spacial score (nSPS) is 18.9. The Morgan fingerprint density at radius 3 is 3.10 bits per heavy atom. The monoisotopic (exact) mass is 272 g/mol. The van der Waals surface area contributed by atoms with Crippen molar-refractivity contribution in [3.63, 3.8) is 0 Å². The van der Waals surface area contributed by atoms with Crippen LogP contribution in [0.4, 0.5) is 0 Å². The molecule has 1 aliphatic rings. The summed E-state index contributed by atoms with van der Waals surface area (Å²) >= 11 is 0. The molecule has 0 radical (unpaired) electrons. The predicted molar refractivity (Wildman–Crippen MR) is 67.0 cm³/mol. The van der Waals surface area contributed by atoms with E-state index >= 15 is 0 Å². The lowest BCUT2D eigenvalue weighted by Crippen LogP contribution is -1.99. The molecule has 0 aromatic carbocycles. The van der Waals surface area contributed by atoms with Gasteiger partial charge in [-0.1, -0.05) is 5.16 Å². The summed E-state index contributed by atoms with van der Waals surface area (Å²) < 4.78 is 12.2. The van der Waals surface area contributed by atoms with Crippen LogP contribution < -0.4 is 0 Å². The topological polar surface area (TPSA) is 91.2 Å². The number of nitrogens with zero attached hydrogens (tertiary/aromatic N) is 6. The number of hydrogen-bond acceptors (Lipinski definition) is 7. The lowest BCUT2D eigenvalue weighted by molar-refractivity contribution is 0.192. The summed E-state index contributed by atoms with van der Waals surface area (Å²) in [6.45, 7) is 3.31. The molecule has 1 atom stereocenters. The molecule has 0 N–H and O–H groups in total. The van der Waals surface area contributed by atoms with E-state index in [1.807, 2.05) is 13.0 Å². The van der Waals surface area contributed by atoms with Crippen molar-refractivity contribution in [3.8, 4) is 11.7 Å². The SMILES string of the molecule is Cc1ccnc2nc(-c3nc([C@@H]4CCOC4)no3)nn12. The first kappa shape index (κ1) is 11.5. The van der Waals surface area contributed by atoms with Crippen LogP contribution in [-0.2, 0) is 4.74 Å². The molecule has 102 valence electrons. The third-order valence-electron chi connectivity index (χ3n) is 3.36. The van der Waals surface area contributed by atoms with Crippen LogP contribution in [0.2, 0.25) is 0 Å². The first-order chi connectivity index (χ1) is 9.81. The van der Waals surface area contributed by atoms with Gasteiger partial charge in [-0.3, -0.25) is 0 Å².